The Morgan fingerprint density at radius 1 is 1.14 bits per heavy atom. The highest BCUT2D eigenvalue weighted by Crippen LogP contribution is 2.36. The van der Waals surface area contributed by atoms with Crippen LogP contribution in [0.3, 0.4) is 0 Å². The Kier molecular flexibility index (Phi) is 6.73. The lowest BCUT2D eigenvalue weighted by Crippen LogP contribution is -2.08. The summed E-state index contributed by atoms with van der Waals surface area (Å²) in [5.74, 6) is 0.794. The number of carboxylic acid groups (broad SMARTS) is 1. The largest absolute Gasteiger partial charge is 0.493 e. The van der Waals surface area contributed by atoms with Gasteiger partial charge in [-0.05, 0) is 34.9 Å². The molecule has 0 bridgehead atoms. The van der Waals surface area contributed by atoms with Gasteiger partial charge in [-0.3, -0.25) is 4.79 Å². The maximum atomic E-state index is 11.0. The van der Waals surface area contributed by atoms with Gasteiger partial charge in [-0.1, -0.05) is 53.2 Å². The highest BCUT2D eigenvalue weighted by atomic mass is 16.5. The normalized spacial score (nSPS) is 11.2. The van der Waals surface area contributed by atoms with Crippen molar-refractivity contribution < 1.29 is 14.6 Å². The SMILES string of the molecule is CCCCOc1c(C(C)C)cc(CC(=O)O)cc1C(C)C. The topological polar surface area (TPSA) is 46.5 Å². The van der Waals surface area contributed by atoms with Crippen LogP contribution in [0, 0.1) is 0 Å². The predicted octanol–water partition coefficient (Wildman–Crippen LogP) is 4.74. The summed E-state index contributed by atoms with van der Waals surface area (Å²) < 4.78 is 6.04. The fourth-order valence-electron chi connectivity index (χ4n) is 2.36. The Morgan fingerprint density at radius 2 is 1.67 bits per heavy atom. The lowest BCUT2D eigenvalue weighted by atomic mass is 9.90. The van der Waals surface area contributed by atoms with Crippen molar-refractivity contribution in [1.82, 2.24) is 0 Å². The lowest BCUT2D eigenvalue weighted by Gasteiger charge is -2.21. The second-order valence-electron chi connectivity index (χ2n) is 6.19. The van der Waals surface area contributed by atoms with E-state index in [1.165, 1.54) is 0 Å². The number of aliphatic carboxylic acids is 1. The lowest BCUT2D eigenvalue weighted by molar-refractivity contribution is -0.136. The van der Waals surface area contributed by atoms with Crippen LogP contribution in [0.25, 0.3) is 0 Å². The molecule has 0 fully saturated rings. The Labute approximate surface area is 128 Å². The fraction of sp³-hybridized carbons (Fsp3) is 0.611. The van der Waals surface area contributed by atoms with Crippen LogP contribution < -0.4 is 4.74 Å². The average molecular weight is 292 g/mol. The van der Waals surface area contributed by atoms with Crippen LogP contribution in [0.1, 0.15) is 76.0 Å². The summed E-state index contributed by atoms with van der Waals surface area (Å²) in [7, 11) is 0. The van der Waals surface area contributed by atoms with Crippen molar-refractivity contribution in [3.05, 3.63) is 28.8 Å². The molecular formula is C18H28O3. The molecule has 0 saturated heterocycles. The van der Waals surface area contributed by atoms with E-state index in [9.17, 15) is 4.79 Å². The van der Waals surface area contributed by atoms with E-state index >= 15 is 0 Å². The number of rotatable bonds is 8. The number of hydrogen-bond donors (Lipinski definition) is 1. The fourth-order valence-corrected chi connectivity index (χ4v) is 2.36. The molecule has 3 heteroatoms. The molecule has 1 rings (SSSR count). The van der Waals surface area contributed by atoms with Crippen LogP contribution in [0.5, 0.6) is 5.75 Å². The van der Waals surface area contributed by atoms with Crippen molar-refractivity contribution in [2.24, 2.45) is 0 Å². The van der Waals surface area contributed by atoms with Gasteiger partial charge in [-0.15, -0.1) is 0 Å². The Bertz CT molecular complexity index is 446. The molecule has 0 heterocycles. The monoisotopic (exact) mass is 292 g/mol. The minimum absolute atomic E-state index is 0.0642. The van der Waals surface area contributed by atoms with Gasteiger partial charge in [0.2, 0.25) is 0 Å². The minimum atomic E-state index is -0.793. The summed E-state index contributed by atoms with van der Waals surface area (Å²) in [5, 5.41) is 9.04. The zero-order chi connectivity index (χ0) is 16.0. The molecule has 0 unspecified atom stereocenters. The molecule has 0 radical (unpaired) electrons. The molecule has 1 N–H and O–H groups in total. The van der Waals surface area contributed by atoms with Gasteiger partial charge < -0.3 is 9.84 Å². The van der Waals surface area contributed by atoms with E-state index in [0.29, 0.717) is 18.4 Å². The van der Waals surface area contributed by atoms with Gasteiger partial charge in [0.15, 0.2) is 0 Å². The van der Waals surface area contributed by atoms with Crippen LogP contribution in [0.4, 0.5) is 0 Å². The van der Waals surface area contributed by atoms with Gasteiger partial charge in [-0.25, -0.2) is 0 Å². The summed E-state index contributed by atoms with van der Waals surface area (Å²) >= 11 is 0. The zero-order valence-corrected chi connectivity index (χ0v) is 13.9. The molecule has 0 aromatic heterocycles. The van der Waals surface area contributed by atoms with Crippen molar-refractivity contribution in [2.45, 2.75) is 65.7 Å². The van der Waals surface area contributed by atoms with E-state index < -0.39 is 5.97 Å². The van der Waals surface area contributed by atoms with Gasteiger partial charge in [-0.2, -0.15) is 0 Å². The molecule has 1 aromatic rings. The third-order valence-corrected chi connectivity index (χ3v) is 3.55. The molecule has 3 nitrogen and oxygen atoms in total. The first-order chi connectivity index (χ1) is 9.86. The van der Waals surface area contributed by atoms with Gasteiger partial charge >= 0.3 is 5.97 Å². The van der Waals surface area contributed by atoms with Gasteiger partial charge in [0.05, 0.1) is 13.0 Å². The van der Waals surface area contributed by atoms with E-state index in [2.05, 4.69) is 34.6 Å². The molecule has 0 saturated carbocycles. The van der Waals surface area contributed by atoms with Crippen LogP contribution >= 0.6 is 0 Å². The van der Waals surface area contributed by atoms with Crippen molar-refractivity contribution in [3.8, 4) is 5.75 Å². The third kappa shape index (κ3) is 5.07. The van der Waals surface area contributed by atoms with E-state index in [1.807, 2.05) is 12.1 Å². The van der Waals surface area contributed by atoms with Crippen LogP contribution in [0.2, 0.25) is 0 Å². The third-order valence-electron chi connectivity index (χ3n) is 3.55. The summed E-state index contributed by atoms with van der Waals surface area (Å²) in [6, 6.07) is 3.98. The molecular weight excluding hydrogens is 264 g/mol. The molecule has 21 heavy (non-hydrogen) atoms. The van der Waals surface area contributed by atoms with E-state index in [1.54, 1.807) is 0 Å². The van der Waals surface area contributed by atoms with Crippen molar-refractivity contribution in [3.63, 3.8) is 0 Å². The van der Waals surface area contributed by atoms with Crippen molar-refractivity contribution >= 4 is 5.97 Å². The van der Waals surface area contributed by atoms with Crippen LogP contribution in [-0.2, 0) is 11.2 Å². The molecule has 118 valence electrons. The minimum Gasteiger partial charge on any atom is -0.493 e. The number of benzene rings is 1. The van der Waals surface area contributed by atoms with Crippen LogP contribution in [-0.4, -0.2) is 17.7 Å². The first-order valence-corrected chi connectivity index (χ1v) is 7.88. The van der Waals surface area contributed by atoms with Gasteiger partial charge in [0, 0.05) is 0 Å². The Hall–Kier alpha value is -1.51. The number of carbonyl (C=O) groups is 1. The maximum Gasteiger partial charge on any atom is 0.307 e. The van der Waals surface area contributed by atoms with Crippen LogP contribution in [0.15, 0.2) is 12.1 Å². The first kappa shape index (κ1) is 17.5. The zero-order valence-electron chi connectivity index (χ0n) is 13.9. The smallest absolute Gasteiger partial charge is 0.307 e. The second kappa shape index (κ2) is 8.06. The standard InChI is InChI=1S/C18H28O3/c1-6-7-8-21-18-15(12(2)3)9-14(11-17(19)20)10-16(18)13(4)5/h9-10,12-13H,6-8,11H2,1-5H3,(H,19,20). The molecule has 0 aliphatic rings. The predicted molar refractivity (Wildman–Crippen MR) is 86.4 cm³/mol. The second-order valence-corrected chi connectivity index (χ2v) is 6.19. The van der Waals surface area contributed by atoms with E-state index in [-0.39, 0.29) is 6.42 Å². The van der Waals surface area contributed by atoms with Crippen molar-refractivity contribution in [2.75, 3.05) is 6.61 Å². The molecule has 1 aromatic carbocycles. The molecule has 0 amide bonds. The Balaban J connectivity index is 3.25. The molecule has 0 aliphatic carbocycles. The summed E-state index contributed by atoms with van der Waals surface area (Å²) in [6.07, 6.45) is 2.20. The highest BCUT2D eigenvalue weighted by Gasteiger charge is 2.18. The quantitative estimate of drug-likeness (QED) is 0.704. The number of carboxylic acids is 1. The number of ether oxygens (including phenoxy) is 1. The summed E-state index contributed by atoms with van der Waals surface area (Å²) in [6.45, 7) is 11.3. The first-order valence-electron chi connectivity index (χ1n) is 7.88. The summed E-state index contributed by atoms with van der Waals surface area (Å²) in [5.41, 5.74) is 3.10. The maximum absolute atomic E-state index is 11.0. The average Bonchev–Trinajstić information content (AvgIpc) is 2.38. The van der Waals surface area contributed by atoms with Crippen molar-refractivity contribution in [1.29, 1.82) is 0 Å². The van der Waals surface area contributed by atoms with Gasteiger partial charge in [0.25, 0.3) is 0 Å². The molecule has 0 atom stereocenters. The molecule has 0 aliphatic heterocycles. The highest BCUT2D eigenvalue weighted by molar-refractivity contribution is 5.70. The number of hydrogen-bond acceptors (Lipinski definition) is 2. The van der Waals surface area contributed by atoms with E-state index in [4.69, 9.17) is 9.84 Å². The van der Waals surface area contributed by atoms with E-state index in [0.717, 1.165) is 35.3 Å². The molecule has 0 spiro atoms. The number of unbranched alkanes of at least 4 members (excludes halogenated alkanes) is 1. The van der Waals surface area contributed by atoms with Gasteiger partial charge in [0.1, 0.15) is 5.75 Å². The Morgan fingerprint density at radius 3 is 2.05 bits per heavy atom. The summed E-state index contributed by atoms with van der Waals surface area (Å²) in [4.78, 5) is 11.0.